The molecule has 2 aromatic carbocycles. The lowest BCUT2D eigenvalue weighted by Crippen LogP contribution is -2.31. The summed E-state index contributed by atoms with van der Waals surface area (Å²) in [5.41, 5.74) is 1.05. The van der Waals surface area contributed by atoms with Crippen LogP contribution in [0.25, 0.3) is 11.0 Å². The van der Waals surface area contributed by atoms with Crippen molar-refractivity contribution in [2.75, 3.05) is 0 Å². The van der Waals surface area contributed by atoms with Gasteiger partial charge in [-0.05, 0) is 35.9 Å². The quantitative estimate of drug-likeness (QED) is 0.772. The number of carbonyl (C=O) groups excluding carboxylic acids is 1. The van der Waals surface area contributed by atoms with Gasteiger partial charge < -0.3 is 10.3 Å². The molecule has 0 bridgehead atoms. The Morgan fingerprint density at radius 2 is 1.78 bits per heavy atom. The molecule has 3 aromatic rings. The lowest BCUT2D eigenvalue weighted by molar-refractivity contribution is -0.121. The minimum absolute atomic E-state index is 0.189. The van der Waals surface area contributed by atoms with Crippen LogP contribution in [0.3, 0.4) is 0 Å². The first kappa shape index (κ1) is 15.0. The molecule has 1 aromatic heterocycles. The molecule has 0 aliphatic carbocycles. The molecule has 0 aliphatic rings. The third-order valence-electron chi connectivity index (χ3n) is 3.44. The van der Waals surface area contributed by atoms with Crippen molar-refractivity contribution in [3.05, 3.63) is 70.1 Å². The summed E-state index contributed by atoms with van der Waals surface area (Å²) in [6, 6.07) is 9.61. The van der Waals surface area contributed by atoms with Gasteiger partial charge in [0.15, 0.2) is 0 Å². The van der Waals surface area contributed by atoms with Crippen molar-refractivity contribution in [2.45, 2.75) is 13.1 Å². The first-order chi connectivity index (χ1) is 11.0. The maximum Gasteiger partial charge on any atom is 0.326 e. The lowest BCUT2D eigenvalue weighted by atomic mass is 10.2. The van der Waals surface area contributed by atoms with Crippen molar-refractivity contribution in [3.8, 4) is 0 Å². The van der Waals surface area contributed by atoms with Crippen molar-refractivity contribution in [1.82, 2.24) is 14.9 Å². The molecule has 0 spiro atoms. The van der Waals surface area contributed by atoms with E-state index in [1.807, 2.05) is 0 Å². The summed E-state index contributed by atoms with van der Waals surface area (Å²) in [4.78, 5) is 26.3. The lowest BCUT2D eigenvalue weighted by Gasteiger charge is -2.06. The van der Waals surface area contributed by atoms with Gasteiger partial charge in [-0.15, -0.1) is 0 Å². The second-order valence-corrected chi connectivity index (χ2v) is 5.08. The normalized spacial score (nSPS) is 10.9. The third-order valence-corrected chi connectivity index (χ3v) is 3.44. The molecule has 0 radical (unpaired) electrons. The first-order valence-electron chi connectivity index (χ1n) is 6.92. The molecule has 5 nitrogen and oxygen atoms in total. The summed E-state index contributed by atoms with van der Waals surface area (Å²) < 4.78 is 27.2. The molecule has 0 unspecified atom stereocenters. The van der Waals surface area contributed by atoms with Gasteiger partial charge in [0.1, 0.15) is 18.2 Å². The van der Waals surface area contributed by atoms with E-state index in [0.29, 0.717) is 11.0 Å². The topological polar surface area (TPSA) is 66.9 Å². The monoisotopic (exact) mass is 317 g/mol. The molecule has 0 fully saturated rings. The zero-order valence-electron chi connectivity index (χ0n) is 12.0. The van der Waals surface area contributed by atoms with E-state index in [-0.39, 0.29) is 24.8 Å². The van der Waals surface area contributed by atoms with E-state index in [4.69, 9.17) is 0 Å². The molecule has 23 heavy (non-hydrogen) atoms. The number of halogens is 2. The largest absolute Gasteiger partial charge is 0.350 e. The van der Waals surface area contributed by atoms with Crippen LogP contribution < -0.4 is 11.0 Å². The van der Waals surface area contributed by atoms with Crippen molar-refractivity contribution < 1.29 is 13.6 Å². The van der Waals surface area contributed by atoms with E-state index < -0.39 is 11.5 Å². The number of rotatable bonds is 4. The van der Waals surface area contributed by atoms with Crippen LogP contribution in [0.5, 0.6) is 0 Å². The number of imidazole rings is 1. The van der Waals surface area contributed by atoms with Crippen molar-refractivity contribution >= 4 is 16.9 Å². The SMILES string of the molecule is O=C(Cn1c(=O)[nH]c2cc(F)ccc21)NCc1ccc(F)cc1. The van der Waals surface area contributed by atoms with Crippen LogP contribution in [0.4, 0.5) is 8.78 Å². The minimum Gasteiger partial charge on any atom is -0.350 e. The molecule has 1 heterocycles. The summed E-state index contributed by atoms with van der Waals surface area (Å²) in [5.74, 6) is -1.19. The van der Waals surface area contributed by atoms with Gasteiger partial charge in [0, 0.05) is 6.54 Å². The average molecular weight is 317 g/mol. The number of H-pyrrole nitrogens is 1. The Kier molecular flexibility index (Phi) is 3.92. The van der Waals surface area contributed by atoms with Crippen LogP contribution in [0.1, 0.15) is 5.56 Å². The Bertz CT molecular complexity index is 913. The third kappa shape index (κ3) is 3.28. The molecule has 0 aliphatic heterocycles. The minimum atomic E-state index is -0.484. The number of aromatic nitrogens is 2. The molecule has 0 saturated carbocycles. The summed E-state index contributed by atoms with van der Waals surface area (Å²) in [7, 11) is 0. The number of carbonyl (C=O) groups is 1. The number of fused-ring (bicyclic) bond motifs is 1. The van der Waals surface area contributed by atoms with Crippen LogP contribution >= 0.6 is 0 Å². The molecule has 1 amide bonds. The smallest absolute Gasteiger partial charge is 0.326 e. The van der Waals surface area contributed by atoms with Gasteiger partial charge >= 0.3 is 5.69 Å². The van der Waals surface area contributed by atoms with Gasteiger partial charge in [0.25, 0.3) is 0 Å². The Balaban J connectivity index is 1.71. The Labute approximate surface area is 129 Å². The molecule has 118 valence electrons. The Morgan fingerprint density at radius 1 is 1.09 bits per heavy atom. The van der Waals surface area contributed by atoms with E-state index in [0.717, 1.165) is 5.56 Å². The molecule has 0 saturated heterocycles. The highest BCUT2D eigenvalue weighted by atomic mass is 19.1. The highest BCUT2D eigenvalue weighted by molar-refractivity contribution is 5.80. The zero-order valence-corrected chi connectivity index (χ0v) is 12.0. The average Bonchev–Trinajstić information content (AvgIpc) is 2.82. The highest BCUT2D eigenvalue weighted by Gasteiger charge is 2.11. The Morgan fingerprint density at radius 3 is 2.52 bits per heavy atom. The van der Waals surface area contributed by atoms with E-state index in [2.05, 4.69) is 10.3 Å². The predicted molar refractivity (Wildman–Crippen MR) is 80.8 cm³/mol. The van der Waals surface area contributed by atoms with Gasteiger partial charge in [-0.25, -0.2) is 13.6 Å². The maximum atomic E-state index is 13.1. The second-order valence-electron chi connectivity index (χ2n) is 5.08. The first-order valence-corrected chi connectivity index (χ1v) is 6.92. The fourth-order valence-corrected chi connectivity index (χ4v) is 2.30. The maximum absolute atomic E-state index is 13.1. The van der Waals surface area contributed by atoms with Crippen molar-refractivity contribution in [2.24, 2.45) is 0 Å². The summed E-state index contributed by atoms with van der Waals surface area (Å²) in [6.07, 6.45) is 0. The van der Waals surface area contributed by atoms with Crippen molar-refractivity contribution in [3.63, 3.8) is 0 Å². The van der Waals surface area contributed by atoms with E-state index in [9.17, 15) is 18.4 Å². The van der Waals surface area contributed by atoms with Gasteiger partial charge in [0.2, 0.25) is 5.91 Å². The molecule has 2 N–H and O–H groups in total. The Hall–Kier alpha value is -2.96. The molecule has 0 atom stereocenters. The van der Waals surface area contributed by atoms with Crippen molar-refractivity contribution in [1.29, 1.82) is 0 Å². The fourth-order valence-electron chi connectivity index (χ4n) is 2.30. The number of amides is 1. The second kappa shape index (κ2) is 6.04. The van der Waals surface area contributed by atoms with Crippen LogP contribution in [0.2, 0.25) is 0 Å². The molecule has 7 heteroatoms. The number of nitrogens with one attached hydrogen (secondary N) is 2. The fraction of sp³-hybridized carbons (Fsp3) is 0.125. The van der Waals surface area contributed by atoms with Gasteiger partial charge in [-0.3, -0.25) is 9.36 Å². The number of aromatic amines is 1. The van der Waals surface area contributed by atoms with E-state index in [1.165, 1.54) is 34.9 Å². The van der Waals surface area contributed by atoms with Crippen LogP contribution in [0.15, 0.2) is 47.3 Å². The predicted octanol–water partition coefficient (Wildman–Crippen LogP) is 1.92. The molecule has 3 rings (SSSR count). The number of hydrogen-bond acceptors (Lipinski definition) is 2. The molecular formula is C16H13F2N3O2. The van der Waals surface area contributed by atoms with E-state index in [1.54, 1.807) is 12.1 Å². The summed E-state index contributed by atoms with van der Waals surface area (Å²) >= 11 is 0. The highest BCUT2D eigenvalue weighted by Crippen LogP contribution is 2.11. The molecular weight excluding hydrogens is 304 g/mol. The van der Waals surface area contributed by atoms with Gasteiger partial charge in [-0.2, -0.15) is 0 Å². The van der Waals surface area contributed by atoms with E-state index >= 15 is 0 Å². The number of hydrogen-bond donors (Lipinski definition) is 2. The zero-order chi connectivity index (χ0) is 16.4. The summed E-state index contributed by atoms with van der Waals surface area (Å²) in [5, 5.41) is 2.65. The van der Waals surface area contributed by atoms with Crippen LogP contribution in [-0.2, 0) is 17.9 Å². The van der Waals surface area contributed by atoms with Crippen LogP contribution in [-0.4, -0.2) is 15.5 Å². The standard InChI is InChI=1S/C16H13F2N3O2/c17-11-3-1-10(2-4-11)8-19-15(22)9-21-14-6-5-12(18)7-13(14)20-16(21)23/h1-7H,8-9H2,(H,19,22)(H,20,23). The number of benzene rings is 2. The number of nitrogens with zero attached hydrogens (tertiary/aromatic N) is 1. The van der Waals surface area contributed by atoms with Gasteiger partial charge in [-0.1, -0.05) is 12.1 Å². The van der Waals surface area contributed by atoms with Crippen LogP contribution in [0, 0.1) is 11.6 Å². The summed E-state index contributed by atoms with van der Waals surface area (Å²) in [6.45, 7) is 0.0382. The van der Waals surface area contributed by atoms with Gasteiger partial charge in [0.05, 0.1) is 11.0 Å².